The van der Waals surface area contributed by atoms with Gasteiger partial charge in [-0.1, -0.05) is 13.8 Å². The molecule has 0 bridgehead atoms. The molecular formula is C10H22N4. The third-order valence-electron chi connectivity index (χ3n) is 2.26. The minimum Gasteiger partial charge on any atom is -0.353 e. The zero-order valence-electron chi connectivity index (χ0n) is 9.21. The monoisotopic (exact) mass is 198 g/mol. The van der Waals surface area contributed by atoms with Crippen molar-refractivity contribution in [1.29, 1.82) is 0 Å². The summed E-state index contributed by atoms with van der Waals surface area (Å²) in [6.07, 6.45) is 4.85. The number of nitrogens with one attached hydrogen (secondary N) is 2. The van der Waals surface area contributed by atoms with Gasteiger partial charge in [0, 0.05) is 12.6 Å². The summed E-state index contributed by atoms with van der Waals surface area (Å²) in [5.74, 6) is 6.85. The lowest BCUT2D eigenvalue weighted by Crippen LogP contribution is -2.42. The van der Waals surface area contributed by atoms with Gasteiger partial charge in [0.2, 0.25) is 5.96 Å². The van der Waals surface area contributed by atoms with Crippen molar-refractivity contribution in [2.24, 2.45) is 16.8 Å². The van der Waals surface area contributed by atoms with Gasteiger partial charge in [-0.3, -0.25) is 10.4 Å². The molecular weight excluding hydrogens is 176 g/mol. The van der Waals surface area contributed by atoms with Crippen LogP contribution in [-0.2, 0) is 0 Å². The molecule has 0 aromatic rings. The molecule has 82 valence electrons. The minimum atomic E-state index is 0.606. The van der Waals surface area contributed by atoms with Crippen molar-refractivity contribution in [1.82, 2.24) is 10.7 Å². The van der Waals surface area contributed by atoms with Gasteiger partial charge in [0.25, 0.3) is 0 Å². The standard InChI is InChI=1S/C10H22N4/c1-8(2)4-3-7-12-10(14-11)13-9-5-6-9/h8-9H,3-7,11H2,1-2H3,(H2,12,13,14). The molecule has 0 saturated heterocycles. The predicted molar refractivity (Wildman–Crippen MR) is 59.9 cm³/mol. The van der Waals surface area contributed by atoms with Crippen molar-refractivity contribution in [2.75, 3.05) is 6.54 Å². The predicted octanol–water partition coefficient (Wildman–Crippen LogP) is 0.994. The molecule has 0 unspecified atom stereocenters. The summed E-state index contributed by atoms with van der Waals surface area (Å²) in [4.78, 5) is 4.36. The molecule has 4 N–H and O–H groups in total. The summed E-state index contributed by atoms with van der Waals surface area (Å²) in [7, 11) is 0. The topological polar surface area (TPSA) is 62.4 Å². The molecule has 1 aliphatic rings. The molecule has 0 atom stereocenters. The molecule has 1 saturated carbocycles. The Hall–Kier alpha value is -0.770. The summed E-state index contributed by atoms with van der Waals surface area (Å²) in [5.41, 5.74) is 2.60. The second-order valence-electron chi connectivity index (χ2n) is 4.33. The smallest absolute Gasteiger partial charge is 0.205 e. The lowest BCUT2D eigenvalue weighted by molar-refractivity contribution is 0.560. The normalized spacial score (nSPS) is 17.3. The molecule has 0 heterocycles. The van der Waals surface area contributed by atoms with Gasteiger partial charge < -0.3 is 5.32 Å². The number of aliphatic imine (C=N–C) groups is 1. The lowest BCUT2D eigenvalue weighted by atomic mass is 10.1. The number of rotatable bonds is 5. The van der Waals surface area contributed by atoms with Crippen molar-refractivity contribution < 1.29 is 0 Å². The van der Waals surface area contributed by atoms with Gasteiger partial charge in [0.05, 0.1) is 0 Å². The highest BCUT2D eigenvalue weighted by Crippen LogP contribution is 2.18. The fourth-order valence-corrected chi connectivity index (χ4v) is 1.24. The fraction of sp³-hybridized carbons (Fsp3) is 0.900. The molecule has 1 fully saturated rings. The van der Waals surface area contributed by atoms with Gasteiger partial charge in [0.1, 0.15) is 0 Å². The first-order valence-corrected chi connectivity index (χ1v) is 5.50. The van der Waals surface area contributed by atoms with Gasteiger partial charge in [-0.25, -0.2) is 5.84 Å². The Labute approximate surface area is 86.3 Å². The summed E-state index contributed by atoms with van der Waals surface area (Å²) < 4.78 is 0. The van der Waals surface area contributed by atoms with Gasteiger partial charge in [-0.2, -0.15) is 0 Å². The highest BCUT2D eigenvalue weighted by molar-refractivity contribution is 5.79. The third kappa shape index (κ3) is 5.07. The molecule has 0 aromatic carbocycles. The van der Waals surface area contributed by atoms with Gasteiger partial charge >= 0.3 is 0 Å². The van der Waals surface area contributed by atoms with E-state index < -0.39 is 0 Å². The van der Waals surface area contributed by atoms with Crippen molar-refractivity contribution in [3.63, 3.8) is 0 Å². The SMILES string of the molecule is CC(C)CCCN=C(NN)NC1CC1. The Bertz CT molecular complexity index is 185. The summed E-state index contributed by atoms with van der Waals surface area (Å²) in [6.45, 7) is 5.32. The highest BCUT2D eigenvalue weighted by atomic mass is 15.3. The zero-order chi connectivity index (χ0) is 10.4. The molecule has 1 aliphatic carbocycles. The maximum absolute atomic E-state index is 5.35. The Morgan fingerprint density at radius 1 is 1.50 bits per heavy atom. The molecule has 4 nitrogen and oxygen atoms in total. The van der Waals surface area contributed by atoms with Crippen molar-refractivity contribution >= 4 is 5.96 Å². The molecule has 0 radical (unpaired) electrons. The number of nitrogens with two attached hydrogens (primary N) is 1. The van der Waals surface area contributed by atoms with E-state index in [4.69, 9.17) is 5.84 Å². The molecule has 0 spiro atoms. The third-order valence-corrected chi connectivity index (χ3v) is 2.26. The Morgan fingerprint density at radius 2 is 2.21 bits per heavy atom. The maximum atomic E-state index is 5.35. The van der Waals surface area contributed by atoms with E-state index in [1.165, 1.54) is 19.3 Å². The number of hydrogen-bond acceptors (Lipinski definition) is 2. The first kappa shape index (κ1) is 11.3. The van der Waals surface area contributed by atoms with E-state index >= 15 is 0 Å². The fourth-order valence-electron chi connectivity index (χ4n) is 1.24. The maximum Gasteiger partial charge on any atom is 0.205 e. The van der Waals surface area contributed by atoms with Crippen LogP contribution in [0.1, 0.15) is 39.5 Å². The number of nitrogens with zero attached hydrogens (tertiary/aromatic N) is 1. The van der Waals surface area contributed by atoms with Crippen LogP contribution in [0.25, 0.3) is 0 Å². The van der Waals surface area contributed by atoms with Crippen molar-refractivity contribution in [3.05, 3.63) is 0 Å². The number of hydrogen-bond donors (Lipinski definition) is 3. The first-order valence-electron chi connectivity index (χ1n) is 5.50. The molecule has 0 aliphatic heterocycles. The molecule has 0 aromatic heterocycles. The van der Waals surface area contributed by atoms with E-state index in [-0.39, 0.29) is 0 Å². The number of guanidine groups is 1. The minimum absolute atomic E-state index is 0.606. The summed E-state index contributed by atoms with van der Waals surface area (Å²) in [6, 6.07) is 0.606. The van der Waals surface area contributed by atoms with Crippen LogP contribution in [0.2, 0.25) is 0 Å². The quantitative estimate of drug-likeness (QED) is 0.203. The molecule has 4 heteroatoms. The van der Waals surface area contributed by atoms with E-state index in [1.54, 1.807) is 0 Å². The molecule has 1 rings (SSSR count). The van der Waals surface area contributed by atoms with Crippen molar-refractivity contribution in [2.45, 2.75) is 45.6 Å². The van der Waals surface area contributed by atoms with Crippen LogP contribution in [0.15, 0.2) is 4.99 Å². The van der Waals surface area contributed by atoms with Gasteiger partial charge in [0.15, 0.2) is 0 Å². The highest BCUT2D eigenvalue weighted by Gasteiger charge is 2.21. The van der Waals surface area contributed by atoms with E-state index in [9.17, 15) is 0 Å². The van der Waals surface area contributed by atoms with Crippen LogP contribution in [0.3, 0.4) is 0 Å². The van der Waals surface area contributed by atoms with Crippen LogP contribution in [0.4, 0.5) is 0 Å². The summed E-state index contributed by atoms with van der Waals surface area (Å²) >= 11 is 0. The lowest BCUT2D eigenvalue weighted by Gasteiger charge is -2.07. The van der Waals surface area contributed by atoms with Gasteiger partial charge in [-0.05, 0) is 31.6 Å². The average molecular weight is 198 g/mol. The molecule has 14 heavy (non-hydrogen) atoms. The van der Waals surface area contributed by atoms with Crippen LogP contribution in [0, 0.1) is 5.92 Å². The van der Waals surface area contributed by atoms with E-state index in [0.29, 0.717) is 6.04 Å². The van der Waals surface area contributed by atoms with E-state index in [0.717, 1.165) is 24.8 Å². The molecule has 0 amide bonds. The van der Waals surface area contributed by atoms with Crippen molar-refractivity contribution in [3.8, 4) is 0 Å². The van der Waals surface area contributed by atoms with E-state index in [1.807, 2.05) is 0 Å². The largest absolute Gasteiger partial charge is 0.353 e. The van der Waals surface area contributed by atoms with Crippen LogP contribution in [-0.4, -0.2) is 18.5 Å². The van der Waals surface area contributed by atoms with E-state index in [2.05, 4.69) is 29.6 Å². The second kappa shape index (κ2) is 5.86. The summed E-state index contributed by atoms with van der Waals surface area (Å²) in [5, 5.41) is 3.24. The Morgan fingerprint density at radius 3 is 2.71 bits per heavy atom. The Kier molecular flexibility index (Phi) is 4.73. The zero-order valence-corrected chi connectivity index (χ0v) is 9.21. The number of hydrazine groups is 1. The first-order chi connectivity index (χ1) is 6.72. The van der Waals surface area contributed by atoms with Crippen LogP contribution >= 0.6 is 0 Å². The average Bonchev–Trinajstić information content (AvgIpc) is 2.93. The van der Waals surface area contributed by atoms with Gasteiger partial charge in [-0.15, -0.1) is 0 Å². The van der Waals surface area contributed by atoms with Crippen LogP contribution < -0.4 is 16.6 Å². The van der Waals surface area contributed by atoms with Crippen LogP contribution in [0.5, 0.6) is 0 Å². The Balaban J connectivity index is 2.11. The second-order valence-corrected chi connectivity index (χ2v) is 4.33.